The lowest BCUT2D eigenvalue weighted by Crippen LogP contribution is -2.46. The molecule has 5 nitrogen and oxygen atoms in total. The topological polar surface area (TPSA) is 66.5 Å². The molecule has 0 saturated carbocycles. The lowest BCUT2D eigenvalue weighted by atomic mass is 9.94. The summed E-state index contributed by atoms with van der Waals surface area (Å²) in [4.78, 5) is 3.43. The summed E-state index contributed by atoms with van der Waals surface area (Å²) in [6.45, 7) is 7.00. The number of fused-ring (bicyclic) bond motifs is 3. The van der Waals surface area contributed by atoms with Gasteiger partial charge in [0.2, 0.25) is 0 Å². The van der Waals surface area contributed by atoms with Crippen LogP contribution in [0.15, 0.2) is 91.0 Å². The molecule has 5 rings (SSSR count). The molecule has 0 radical (unpaired) electrons. The lowest BCUT2D eigenvalue weighted by molar-refractivity contribution is 0.0996. The highest BCUT2D eigenvalue weighted by atomic mass is 16.5. The maximum absolute atomic E-state index is 10.7. The maximum Gasteiger partial charge on any atom is 0.129 e. The van der Waals surface area contributed by atoms with E-state index in [2.05, 4.69) is 55.3 Å². The van der Waals surface area contributed by atoms with Gasteiger partial charge in [0.25, 0.3) is 0 Å². The minimum atomic E-state index is -0.634. The highest BCUT2D eigenvalue weighted by molar-refractivity contribution is 6.10. The lowest BCUT2D eigenvalue weighted by Gasteiger charge is -2.28. The summed E-state index contributed by atoms with van der Waals surface area (Å²) in [5, 5.41) is 16.3. The van der Waals surface area contributed by atoms with E-state index in [-0.39, 0.29) is 12.1 Å². The first-order chi connectivity index (χ1) is 17.9. The average molecular weight is 495 g/mol. The Balaban J connectivity index is 1.14. The number of aromatic amines is 1. The highest BCUT2D eigenvalue weighted by Gasteiger charge is 2.20. The van der Waals surface area contributed by atoms with Crippen LogP contribution in [0.1, 0.15) is 25.0 Å². The first kappa shape index (κ1) is 24.9. The molecule has 4 aromatic carbocycles. The number of rotatable bonds is 10. The van der Waals surface area contributed by atoms with Crippen LogP contribution < -0.4 is 14.8 Å². The second-order valence-corrected chi connectivity index (χ2v) is 10.3. The molecule has 1 heterocycles. The van der Waals surface area contributed by atoms with Crippen LogP contribution in [0.4, 0.5) is 0 Å². The van der Waals surface area contributed by atoms with Crippen molar-refractivity contribution >= 4 is 21.8 Å². The molecule has 0 aliphatic heterocycles. The third-order valence-corrected chi connectivity index (χ3v) is 6.57. The van der Waals surface area contributed by atoms with Gasteiger partial charge in [-0.2, -0.15) is 0 Å². The van der Waals surface area contributed by atoms with E-state index in [4.69, 9.17) is 9.47 Å². The Morgan fingerprint density at radius 1 is 0.838 bits per heavy atom. The van der Waals surface area contributed by atoms with Gasteiger partial charge < -0.3 is 24.9 Å². The largest absolute Gasteiger partial charge is 0.490 e. The van der Waals surface area contributed by atoms with Gasteiger partial charge in [-0.1, -0.05) is 54.1 Å². The number of hydrogen-bond acceptors (Lipinski definition) is 4. The van der Waals surface area contributed by atoms with Crippen molar-refractivity contribution in [3.8, 4) is 17.2 Å². The summed E-state index contributed by atoms with van der Waals surface area (Å²) in [5.41, 5.74) is 4.32. The molecule has 5 heteroatoms. The molecule has 0 spiro atoms. The zero-order chi connectivity index (χ0) is 25.8. The van der Waals surface area contributed by atoms with Crippen LogP contribution in [-0.2, 0) is 6.42 Å². The zero-order valence-corrected chi connectivity index (χ0v) is 21.6. The Labute approximate surface area is 218 Å². The van der Waals surface area contributed by atoms with Gasteiger partial charge in [0.15, 0.2) is 0 Å². The number of benzene rings is 4. The van der Waals surface area contributed by atoms with E-state index in [0.29, 0.717) is 6.54 Å². The van der Waals surface area contributed by atoms with E-state index in [0.717, 1.165) is 45.5 Å². The van der Waals surface area contributed by atoms with Gasteiger partial charge in [0.05, 0.1) is 5.52 Å². The van der Waals surface area contributed by atoms with E-state index in [9.17, 15) is 5.11 Å². The smallest absolute Gasteiger partial charge is 0.129 e. The minimum absolute atomic E-state index is 0.197. The van der Waals surface area contributed by atoms with E-state index in [1.807, 2.05) is 66.7 Å². The van der Waals surface area contributed by atoms with Crippen LogP contribution in [0, 0.1) is 6.92 Å². The molecule has 0 saturated heterocycles. The molecule has 1 atom stereocenters. The summed E-state index contributed by atoms with van der Waals surface area (Å²) in [6, 6.07) is 30.4. The van der Waals surface area contributed by atoms with Gasteiger partial charge in [-0.25, -0.2) is 0 Å². The van der Waals surface area contributed by atoms with Crippen molar-refractivity contribution in [2.75, 3.05) is 13.2 Å². The Morgan fingerprint density at radius 2 is 1.51 bits per heavy atom. The van der Waals surface area contributed by atoms with E-state index in [1.165, 1.54) is 11.1 Å². The summed E-state index contributed by atoms with van der Waals surface area (Å²) < 4.78 is 12.0. The zero-order valence-electron chi connectivity index (χ0n) is 21.6. The summed E-state index contributed by atoms with van der Waals surface area (Å²) >= 11 is 0. The maximum atomic E-state index is 10.7. The fourth-order valence-corrected chi connectivity index (χ4v) is 4.62. The molecular weight excluding hydrogens is 460 g/mol. The molecule has 190 valence electrons. The monoisotopic (exact) mass is 494 g/mol. The Hall–Kier alpha value is -3.80. The Bertz CT molecular complexity index is 1470. The number of ether oxygens (including phenoxy) is 2. The fourth-order valence-electron chi connectivity index (χ4n) is 4.62. The van der Waals surface area contributed by atoms with Crippen molar-refractivity contribution in [1.82, 2.24) is 10.3 Å². The van der Waals surface area contributed by atoms with Gasteiger partial charge in [-0.05, 0) is 75.2 Å². The van der Waals surface area contributed by atoms with Gasteiger partial charge in [-0.3, -0.25) is 0 Å². The van der Waals surface area contributed by atoms with Crippen LogP contribution in [0.25, 0.3) is 21.8 Å². The third-order valence-electron chi connectivity index (χ3n) is 6.57. The predicted octanol–water partition coefficient (Wildman–Crippen LogP) is 6.77. The number of aryl methyl sites for hydroxylation is 1. The average Bonchev–Trinajstić information content (AvgIpc) is 3.28. The van der Waals surface area contributed by atoms with E-state index in [1.54, 1.807) is 0 Å². The van der Waals surface area contributed by atoms with Gasteiger partial charge in [0.1, 0.15) is 30.0 Å². The van der Waals surface area contributed by atoms with Crippen molar-refractivity contribution < 1.29 is 14.6 Å². The van der Waals surface area contributed by atoms with Crippen molar-refractivity contribution in [3.05, 3.63) is 102 Å². The molecule has 0 aliphatic carbocycles. The van der Waals surface area contributed by atoms with Gasteiger partial charge in [-0.15, -0.1) is 0 Å². The van der Waals surface area contributed by atoms with Crippen LogP contribution in [-0.4, -0.2) is 34.9 Å². The first-order valence-electron chi connectivity index (χ1n) is 12.8. The van der Waals surface area contributed by atoms with Crippen molar-refractivity contribution in [1.29, 1.82) is 0 Å². The Morgan fingerprint density at radius 3 is 2.27 bits per heavy atom. The number of para-hydroxylation sites is 1. The second kappa shape index (κ2) is 10.7. The molecule has 0 bridgehead atoms. The molecule has 0 unspecified atom stereocenters. The molecule has 0 amide bonds. The predicted molar refractivity (Wildman–Crippen MR) is 151 cm³/mol. The summed E-state index contributed by atoms with van der Waals surface area (Å²) in [7, 11) is 0. The second-order valence-electron chi connectivity index (χ2n) is 10.3. The first-order valence-corrected chi connectivity index (χ1v) is 12.8. The molecule has 1 aromatic heterocycles. The summed E-state index contributed by atoms with van der Waals surface area (Å²) in [6.07, 6.45) is 0.185. The SMILES string of the molecule is Cc1ccc(Oc2ccc(CC(C)(C)NC[C@H](O)COc3cccc4[nH]c5ccccc5c34)cc2)cc1. The quantitative estimate of drug-likeness (QED) is 0.200. The van der Waals surface area contributed by atoms with Crippen molar-refractivity contribution in [3.63, 3.8) is 0 Å². The molecule has 5 aromatic rings. The number of hydrogen-bond donors (Lipinski definition) is 3. The van der Waals surface area contributed by atoms with Crippen LogP contribution >= 0.6 is 0 Å². The Kier molecular flexibility index (Phi) is 7.17. The number of aromatic nitrogens is 1. The third kappa shape index (κ3) is 6.13. The van der Waals surface area contributed by atoms with Crippen molar-refractivity contribution in [2.24, 2.45) is 0 Å². The van der Waals surface area contributed by atoms with E-state index >= 15 is 0 Å². The van der Waals surface area contributed by atoms with Gasteiger partial charge >= 0.3 is 0 Å². The molecule has 0 aliphatic rings. The molecule has 37 heavy (non-hydrogen) atoms. The van der Waals surface area contributed by atoms with Gasteiger partial charge in [0, 0.05) is 28.4 Å². The normalized spacial score (nSPS) is 12.6. The molecule has 3 N–H and O–H groups in total. The van der Waals surface area contributed by atoms with Crippen molar-refractivity contribution in [2.45, 2.75) is 38.8 Å². The summed E-state index contributed by atoms with van der Waals surface area (Å²) in [5.74, 6) is 2.43. The number of H-pyrrole nitrogens is 1. The molecule has 0 fully saturated rings. The number of aliphatic hydroxyl groups excluding tert-OH is 1. The number of aliphatic hydroxyl groups is 1. The van der Waals surface area contributed by atoms with Crippen LogP contribution in [0.3, 0.4) is 0 Å². The fraction of sp³-hybridized carbons (Fsp3) is 0.250. The standard InChI is InChI=1S/C32H34N2O3/c1-22-11-15-25(16-12-22)37-26-17-13-23(14-18-26)19-32(2,3)33-20-24(35)21-36-30-10-6-9-29-31(30)27-7-4-5-8-28(27)34-29/h4-18,24,33-35H,19-21H2,1-3H3/t24-/m0/s1. The minimum Gasteiger partial charge on any atom is -0.490 e. The number of β-amino-alcohol motifs (C(OH)–C–C–N with tert-alkyl or cyclic N) is 1. The highest BCUT2D eigenvalue weighted by Crippen LogP contribution is 2.33. The number of nitrogens with one attached hydrogen (secondary N) is 2. The van der Waals surface area contributed by atoms with E-state index < -0.39 is 6.10 Å². The van der Waals surface area contributed by atoms with Crippen LogP contribution in [0.2, 0.25) is 0 Å². The van der Waals surface area contributed by atoms with Crippen LogP contribution in [0.5, 0.6) is 17.2 Å². The molecular formula is C32H34N2O3.